The van der Waals surface area contributed by atoms with E-state index < -0.39 is 0 Å². The molecule has 31 heavy (non-hydrogen) atoms. The Bertz CT molecular complexity index is 841. The summed E-state index contributed by atoms with van der Waals surface area (Å²) < 4.78 is 0. The molecule has 6 heterocycles. The number of carbonyl (C=O) groups is 1. The second-order valence-electron chi connectivity index (χ2n) is 8.88. The number of anilines is 2. The highest BCUT2D eigenvalue weighted by Crippen LogP contribution is 2.36. The monoisotopic (exact) mass is 441 g/mol. The molecule has 166 valence electrons. The number of urea groups is 1. The van der Waals surface area contributed by atoms with Gasteiger partial charge in [-0.1, -0.05) is 0 Å². The first-order valence-corrected chi connectivity index (χ1v) is 12.2. The summed E-state index contributed by atoms with van der Waals surface area (Å²) in [7, 11) is 0. The van der Waals surface area contributed by atoms with Gasteiger partial charge in [0.1, 0.15) is 0 Å². The number of aromatic nitrogens is 2. The molecule has 8 nitrogen and oxygen atoms in total. The number of rotatable bonds is 6. The number of amides is 2. The fourth-order valence-electron chi connectivity index (χ4n) is 5.31. The smallest absolute Gasteiger partial charge is 0.319 e. The van der Waals surface area contributed by atoms with E-state index in [1.54, 1.807) is 11.3 Å². The lowest BCUT2D eigenvalue weighted by Gasteiger charge is -2.51. The van der Waals surface area contributed by atoms with E-state index >= 15 is 0 Å². The standard InChI is InChI=1S/C22H31N7OS/c30-22(26-19-3-11-31-16-19)25-13-20-12-17-2-6-29(20)15-18(17)14-27-7-9-28(10-8-27)21-23-4-1-5-24-21/h1,3-5,11,16-18,20H,2,6-10,12-15H2,(H2,25,26,30)/t17-,18-,20+/m0/s1. The zero-order chi connectivity index (χ0) is 21.0. The molecular weight excluding hydrogens is 410 g/mol. The Hall–Kier alpha value is -2.23. The summed E-state index contributed by atoms with van der Waals surface area (Å²) in [5, 5.41) is 9.90. The molecule has 0 aromatic carbocycles. The Balaban J connectivity index is 1.06. The highest BCUT2D eigenvalue weighted by molar-refractivity contribution is 7.08. The van der Waals surface area contributed by atoms with Gasteiger partial charge in [0, 0.05) is 69.6 Å². The third kappa shape index (κ3) is 4.99. The van der Waals surface area contributed by atoms with Crippen molar-refractivity contribution in [2.45, 2.75) is 18.9 Å². The van der Waals surface area contributed by atoms with Crippen molar-refractivity contribution >= 4 is 29.0 Å². The Morgan fingerprint density at radius 3 is 2.71 bits per heavy atom. The molecule has 4 aliphatic rings. The molecule has 1 unspecified atom stereocenters. The maximum Gasteiger partial charge on any atom is 0.319 e. The molecule has 2 aromatic heterocycles. The van der Waals surface area contributed by atoms with Gasteiger partial charge in [0.25, 0.3) is 0 Å². The van der Waals surface area contributed by atoms with Gasteiger partial charge in [0.15, 0.2) is 0 Å². The van der Waals surface area contributed by atoms with E-state index in [0.29, 0.717) is 6.04 Å². The fraction of sp³-hybridized carbons (Fsp3) is 0.591. The topological polar surface area (TPSA) is 76.6 Å². The largest absolute Gasteiger partial charge is 0.338 e. The lowest BCUT2D eigenvalue weighted by atomic mass is 9.75. The number of carbonyl (C=O) groups excluding carboxylic acids is 1. The van der Waals surface area contributed by atoms with Crippen LogP contribution in [0.25, 0.3) is 0 Å². The van der Waals surface area contributed by atoms with Crippen molar-refractivity contribution in [3.63, 3.8) is 0 Å². The fourth-order valence-corrected chi connectivity index (χ4v) is 5.89. The lowest BCUT2D eigenvalue weighted by molar-refractivity contribution is -0.0114. The van der Waals surface area contributed by atoms with Crippen LogP contribution in [-0.4, -0.2) is 84.2 Å². The Labute approximate surface area is 187 Å². The number of thiophene rings is 1. The van der Waals surface area contributed by atoms with E-state index in [4.69, 9.17) is 0 Å². The normalized spacial score (nSPS) is 28.5. The Morgan fingerprint density at radius 1 is 1.16 bits per heavy atom. The molecule has 0 saturated carbocycles. The SMILES string of the molecule is O=C(NC[C@H]1C[C@@H]2CCN1C[C@@H]2CN1CCN(c2ncccn2)CC1)Nc1ccsc1. The first-order valence-electron chi connectivity index (χ1n) is 11.3. The van der Waals surface area contributed by atoms with Crippen LogP contribution in [0.1, 0.15) is 12.8 Å². The van der Waals surface area contributed by atoms with Crippen LogP contribution in [0.4, 0.5) is 16.4 Å². The molecule has 9 heteroatoms. The van der Waals surface area contributed by atoms with E-state index in [0.717, 1.165) is 62.7 Å². The summed E-state index contributed by atoms with van der Waals surface area (Å²) in [6.45, 7) is 8.39. The predicted octanol–water partition coefficient (Wildman–Crippen LogP) is 2.19. The third-order valence-electron chi connectivity index (χ3n) is 6.99. The highest BCUT2D eigenvalue weighted by Gasteiger charge is 2.40. The van der Waals surface area contributed by atoms with Crippen molar-refractivity contribution in [2.24, 2.45) is 11.8 Å². The summed E-state index contributed by atoms with van der Waals surface area (Å²) in [6.07, 6.45) is 6.12. The zero-order valence-electron chi connectivity index (χ0n) is 17.8. The van der Waals surface area contributed by atoms with Crippen LogP contribution >= 0.6 is 11.3 Å². The van der Waals surface area contributed by atoms with E-state index in [-0.39, 0.29) is 6.03 Å². The number of fused-ring (bicyclic) bond motifs is 3. The summed E-state index contributed by atoms with van der Waals surface area (Å²) in [6, 6.07) is 4.16. The molecule has 0 aliphatic carbocycles. The van der Waals surface area contributed by atoms with Gasteiger partial charge in [-0.05, 0) is 48.7 Å². The molecule has 0 spiro atoms. The van der Waals surface area contributed by atoms with Crippen LogP contribution in [0, 0.1) is 11.8 Å². The first kappa shape index (κ1) is 20.7. The minimum atomic E-state index is -0.0992. The van der Waals surface area contributed by atoms with Crippen LogP contribution in [0.3, 0.4) is 0 Å². The van der Waals surface area contributed by atoms with Crippen molar-refractivity contribution in [2.75, 3.05) is 62.6 Å². The van der Waals surface area contributed by atoms with Gasteiger partial charge >= 0.3 is 6.03 Å². The molecule has 2 N–H and O–H groups in total. The quantitative estimate of drug-likeness (QED) is 0.716. The molecule has 0 radical (unpaired) electrons. The van der Waals surface area contributed by atoms with Gasteiger partial charge in [-0.25, -0.2) is 14.8 Å². The van der Waals surface area contributed by atoms with E-state index in [9.17, 15) is 4.79 Å². The summed E-state index contributed by atoms with van der Waals surface area (Å²) in [5.41, 5.74) is 0.868. The number of nitrogens with one attached hydrogen (secondary N) is 2. The maximum atomic E-state index is 12.2. The van der Waals surface area contributed by atoms with Crippen LogP contribution in [0.15, 0.2) is 35.3 Å². The predicted molar refractivity (Wildman–Crippen MR) is 124 cm³/mol. The molecular formula is C22H31N7OS. The number of nitrogens with zero attached hydrogens (tertiary/aromatic N) is 5. The maximum absolute atomic E-state index is 12.2. The molecule has 4 saturated heterocycles. The molecule has 2 amide bonds. The number of piperidine rings is 3. The van der Waals surface area contributed by atoms with Crippen LogP contribution in [0.5, 0.6) is 0 Å². The average molecular weight is 442 g/mol. The zero-order valence-corrected chi connectivity index (χ0v) is 18.6. The second-order valence-corrected chi connectivity index (χ2v) is 9.66. The highest BCUT2D eigenvalue weighted by atomic mass is 32.1. The first-order chi connectivity index (χ1) is 15.2. The summed E-state index contributed by atoms with van der Waals surface area (Å²) >= 11 is 1.59. The minimum absolute atomic E-state index is 0.0992. The molecule has 6 rings (SSSR count). The molecule has 4 atom stereocenters. The van der Waals surface area contributed by atoms with Gasteiger partial charge in [0.2, 0.25) is 5.95 Å². The third-order valence-corrected chi connectivity index (χ3v) is 7.67. The average Bonchev–Trinajstić information content (AvgIpc) is 3.32. The van der Waals surface area contributed by atoms with Crippen molar-refractivity contribution in [1.82, 2.24) is 25.1 Å². The van der Waals surface area contributed by atoms with Gasteiger partial charge in [-0.2, -0.15) is 11.3 Å². The van der Waals surface area contributed by atoms with Crippen LogP contribution in [0.2, 0.25) is 0 Å². The van der Waals surface area contributed by atoms with E-state index in [1.807, 2.05) is 35.3 Å². The summed E-state index contributed by atoms with van der Waals surface area (Å²) in [5.74, 6) is 2.36. The van der Waals surface area contributed by atoms with Crippen molar-refractivity contribution < 1.29 is 4.79 Å². The molecule has 2 bridgehead atoms. The Kier molecular flexibility index (Phi) is 6.33. The molecule has 4 aliphatic heterocycles. The van der Waals surface area contributed by atoms with Crippen molar-refractivity contribution in [3.05, 3.63) is 35.3 Å². The van der Waals surface area contributed by atoms with Crippen LogP contribution < -0.4 is 15.5 Å². The van der Waals surface area contributed by atoms with Crippen molar-refractivity contribution in [1.29, 1.82) is 0 Å². The number of hydrogen-bond acceptors (Lipinski definition) is 7. The number of hydrogen-bond donors (Lipinski definition) is 2. The van der Waals surface area contributed by atoms with Gasteiger partial charge in [0.05, 0.1) is 5.69 Å². The van der Waals surface area contributed by atoms with Crippen molar-refractivity contribution in [3.8, 4) is 0 Å². The van der Waals surface area contributed by atoms with E-state index in [1.165, 1.54) is 25.9 Å². The summed E-state index contributed by atoms with van der Waals surface area (Å²) in [4.78, 5) is 28.4. The van der Waals surface area contributed by atoms with Gasteiger partial charge in [-0.3, -0.25) is 9.80 Å². The molecule has 2 aromatic rings. The molecule has 4 fully saturated rings. The van der Waals surface area contributed by atoms with E-state index in [2.05, 4.69) is 35.3 Å². The second kappa shape index (κ2) is 9.50. The van der Waals surface area contributed by atoms with Crippen LogP contribution in [-0.2, 0) is 0 Å². The number of piperazine rings is 1. The Morgan fingerprint density at radius 2 is 2.00 bits per heavy atom. The van der Waals surface area contributed by atoms with Gasteiger partial charge in [-0.15, -0.1) is 0 Å². The minimum Gasteiger partial charge on any atom is -0.338 e. The van der Waals surface area contributed by atoms with Gasteiger partial charge < -0.3 is 15.5 Å². The lowest BCUT2D eigenvalue weighted by Crippen LogP contribution is -2.59.